The van der Waals surface area contributed by atoms with Crippen LogP contribution in [-0.2, 0) is 20.8 Å². The smallest absolute Gasteiger partial charge is 0.261 e. The fourth-order valence-corrected chi connectivity index (χ4v) is 3.78. The highest BCUT2D eigenvalue weighted by Gasteiger charge is 2.34. The molecular weight excluding hydrogens is 334 g/mol. The second-order valence-electron chi connectivity index (χ2n) is 6.91. The van der Waals surface area contributed by atoms with Gasteiger partial charge in [-0.25, -0.2) is 4.98 Å². The molecule has 1 aliphatic heterocycles. The van der Waals surface area contributed by atoms with Crippen molar-refractivity contribution in [2.75, 3.05) is 13.2 Å². The molecule has 1 amide bonds. The van der Waals surface area contributed by atoms with Gasteiger partial charge in [-0.15, -0.1) is 0 Å². The third-order valence-electron chi connectivity index (χ3n) is 5.15. The highest BCUT2D eigenvalue weighted by Crippen LogP contribution is 2.26. The predicted molar refractivity (Wildman–Crippen MR) is 95.9 cm³/mol. The molecule has 2 fully saturated rings. The maximum Gasteiger partial charge on any atom is 0.261 e. The van der Waals surface area contributed by atoms with Gasteiger partial charge in [-0.3, -0.25) is 14.2 Å². The molecular formula is C19H23N3O4. The fraction of sp³-hybridized carbons (Fsp3) is 0.526. The summed E-state index contributed by atoms with van der Waals surface area (Å²) in [5.74, 6) is -0.0507. The number of para-hydroxylation sites is 1. The summed E-state index contributed by atoms with van der Waals surface area (Å²) in [6.07, 6.45) is 4.60. The zero-order valence-electron chi connectivity index (χ0n) is 14.6. The summed E-state index contributed by atoms with van der Waals surface area (Å²) >= 11 is 0. The number of benzene rings is 1. The van der Waals surface area contributed by atoms with Gasteiger partial charge in [0.1, 0.15) is 0 Å². The number of rotatable bonds is 4. The molecule has 0 radical (unpaired) electrons. The van der Waals surface area contributed by atoms with Crippen LogP contribution in [0.15, 0.2) is 35.4 Å². The molecule has 7 heteroatoms. The van der Waals surface area contributed by atoms with Crippen LogP contribution in [0.3, 0.4) is 0 Å². The van der Waals surface area contributed by atoms with Crippen molar-refractivity contribution < 1.29 is 14.3 Å². The van der Waals surface area contributed by atoms with E-state index in [1.165, 1.54) is 10.9 Å². The Morgan fingerprint density at radius 3 is 2.88 bits per heavy atom. The molecule has 7 nitrogen and oxygen atoms in total. The third-order valence-corrected chi connectivity index (χ3v) is 5.15. The Morgan fingerprint density at radius 2 is 2.00 bits per heavy atom. The summed E-state index contributed by atoms with van der Waals surface area (Å²) < 4.78 is 13.0. The van der Waals surface area contributed by atoms with Crippen LogP contribution in [0, 0.1) is 0 Å². The monoisotopic (exact) mass is 357 g/mol. The number of amides is 1. The number of aromatic nitrogens is 2. The van der Waals surface area contributed by atoms with Crippen LogP contribution in [0.2, 0.25) is 0 Å². The molecule has 2 heterocycles. The van der Waals surface area contributed by atoms with E-state index in [2.05, 4.69) is 10.3 Å². The number of hydrogen-bond acceptors (Lipinski definition) is 5. The lowest BCUT2D eigenvalue weighted by Crippen LogP contribution is -2.49. The summed E-state index contributed by atoms with van der Waals surface area (Å²) in [6, 6.07) is 7.34. The van der Waals surface area contributed by atoms with Crippen molar-refractivity contribution in [3.05, 3.63) is 40.9 Å². The van der Waals surface area contributed by atoms with Gasteiger partial charge in [0.05, 0.1) is 42.7 Å². The van der Waals surface area contributed by atoms with E-state index in [0.717, 1.165) is 19.3 Å². The van der Waals surface area contributed by atoms with E-state index in [1.54, 1.807) is 12.1 Å². The number of fused-ring (bicyclic) bond motifs is 2. The molecule has 2 aliphatic rings. The van der Waals surface area contributed by atoms with Gasteiger partial charge in [0.2, 0.25) is 5.91 Å². The lowest BCUT2D eigenvalue weighted by Gasteiger charge is -2.39. The summed E-state index contributed by atoms with van der Waals surface area (Å²) in [4.78, 5) is 29.0. The number of nitrogens with one attached hydrogen (secondary N) is 1. The largest absolute Gasteiger partial charge is 0.373 e. The highest BCUT2D eigenvalue weighted by molar-refractivity contribution is 5.77. The van der Waals surface area contributed by atoms with E-state index in [9.17, 15) is 9.59 Å². The van der Waals surface area contributed by atoms with Crippen LogP contribution in [-0.4, -0.2) is 46.9 Å². The van der Waals surface area contributed by atoms with Gasteiger partial charge in [0.25, 0.3) is 5.56 Å². The number of carbonyl (C=O) groups is 1. The summed E-state index contributed by atoms with van der Waals surface area (Å²) in [5, 5.41) is 3.64. The Labute approximate surface area is 151 Å². The maximum atomic E-state index is 12.4. The van der Waals surface area contributed by atoms with Crippen LogP contribution in [0.4, 0.5) is 0 Å². The second kappa shape index (κ2) is 7.55. The summed E-state index contributed by atoms with van der Waals surface area (Å²) in [7, 11) is 0. The normalized spacial score (nSPS) is 25.6. The number of hydrogen-bond donors (Lipinski definition) is 1. The molecule has 1 saturated carbocycles. The van der Waals surface area contributed by atoms with Gasteiger partial charge in [0, 0.05) is 19.0 Å². The minimum absolute atomic E-state index is 0.0507. The van der Waals surface area contributed by atoms with E-state index in [0.29, 0.717) is 30.7 Å². The van der Waals surface area contributed by atoms with Gasteiger partial charge in [0.15, 0.2) is 0 Å². The van der Waals surface area contributed by atoms with Crippen molar-refractivity contribution in [2.45, 2.75) is 50.5 Å². The average molecular weight is 357 g/mol. The Bertz CT molecular complexity index is 850. The molecule has 1 aliphatic carbocycles. The van der Waals surface area contributed by atoms with Crippen molar-refractivity contribution >= 4 is 16.8 Å². The number of ether oxygens (including phenoxy) is 2. The van der Waals surface area contributed by atoms with E-state index >= 15 is 0 Å². The first kappa shape index (κ1) is 17.2. The highest BCUT2D eigenvalue weighted by atomic mass is 16.6. The first-order valence-corrected chi connectivity index (χ1v) is 9.17. The van der Waals surface area contributed by atoms with Gasteiger partial charge >= 0.3 is 0 Å². The maximum absolute atomic E-state index is 12.4. The zero-order chi connectivity index (χ0) is 17.9. The predicted octanol–water partition coefficient (Wildman–Crippen LogP) is 1.24. The van der Waals surface area contributed by atoms with E-state index in [1.807, 2.05) is 12.1 Å². The zero-order valence-corrected chi connectivity index (χ0v) is 14.6. The molecule has 138 valence electrons. The van der Waals surface area contributed by atoms with Crippen LogP contribution >= 0.6 is 0 Å². The van der Waals surface area contributed by atoms with Crippen molar-refractivity contribution in [3.63, 3.8) is 0 Å². The first-order chi connectivity index (χ1) is 12.7. The van der Waals surface area contributed by atoms with Gasteiger partial charge in [-0.05, 0) is 31.4 Å². The number of aryl methyl sites for hydroxylation is 1. The SMILES string of the molecule is O=C(CCn1cnc2ccccc2c1=O)NC1CCC2OCCOC2C1. The molecule has 1 saturated heterocycles. The summed E-state index contributed by atoms with van der Waals surface area (Å²) in [5.41, 5.74) is 0.557. The quantitative estimate of drug-likeness (QED) is 0.890. The van der Waals surface area contributed by atoms with E-state index in [4.69, 9.17) is 9.47 Å². The minimum Gasteiger partial charge on any atom is -0.373 e. The summed E-state index contributed by atoms with van der Waals surface area (Å²) in [6.45, 7) is 1.60. The Balaban J connectivity index is 1.33. The van der Waals surface area contributed by atoms with Crippen molar-refractivity contribution in [1.29, 1.82) is 0 Å². The van der Waals surface area contributed by atoms with Crippen molar-refractivity contribution in [1.82, 2.24) is 14.9 Å². The van der Waals surface area contributed by atoms with Crippen LogP contribution in [0.5, 0.6) is 0 Å². The van der Waals surface area contributed by atoms with Crippen LogP contribution in [0.1, 0.15) is 25.7 Å². The molecule has 4 rings (SSSR count). The molecule has 0 bridgehead atoms. The lowest BCUT2D eigenvalue weighted by atomic mass is 9.89. The van der Waals surface area contributed by atoms with Crippen molar-refractivity contribution in [3.8, 4) is 0 Å². The lowest BCUT2D eigenvalue weighted by molar-refractivity contribution is -0.158. The second-order valence-corrected chi connectivity index (χ2v) is 6.91. The van der Waals surface area contributed by atoms with Crippen LogP contribution < -0.4 is 10.9 Å². The molecule has 3 atom stereocenters. The Kier molecular flexibility index (Phi) is 4.99. The Hall–Kier alpha value is -2.25. The first-order valence-electron chi connectivity index (χ1n) is 9.17. The third kappa shape index (κ3) is 3.64. The molecule has 1 aromatic heterocycles. The van der Waals surface area contributed by atoms with Gasteiger partial charge < -0.3 is 14.8 Å². The minimum atomic E-state index is -0.114. The molecule has 0 spiro atoms. The van der Waals surface area contributed by atoms with E-state index < -0.39 is 0 Å². The average Bonchev–Trinajstić information content (AvgIpc) is 2.67. The van der Waals surface area contributed by atoms with E-state index in [-0.39, 0.29) is 36.1 Å². The Morgan fingerprint density at radius 1 is 1.19 bits per heavy atom. The number of carbonyl (C=O) groups excluding carboxylic acids is 1. The topological polar surface area (TPSA) is 82.5 Å². The standard InChI is InChI=1S/C19H23N3O4/c23-18(21-13-5-6-16-17(11-13)26-10-9-25-16)7-8-22-12-20-15-4-2-1-3-14(15)19(22)24/h1-4,12-13,16-17H,5-11H2,(H,21,23). The van der Waals surface area contributed by atoms with Gasteiger partial charge in [-0.1, -0.05) is 12.1 Å². The molecule has 26 heavy (non-hydrogen) atoms. The fourth-order valence-electron chi connectivity index (χ4n) is 3.78. The number of nitrogens with zero attached hydrogens (tertiary/aromatic N) is 2. The van der Waals surface area contributed by atoms with Gasteiger partial charge in [-0.2, -0.15) is 0 Å². The van der Waals surface area contributed by atoms with Crippen LogP contribution in [0.25, 0.3) is 10.9 Å². The molecule has 1 N–H and O–H groups in total. The molecule has 3 unspecified atom stereocenters. The molecule has 2 aromatic rings. The van der Waals surface area contributed by atoms with Crippen molar-refractivity contribution in [2.24, 2.45) is 0 Å². The molecule has 1 aromatic carbocycles.